The van der Waals surface area contributed by atoms with Crippen LogP contribution in [0, 0.1) is 12.3 Å². The fourth-order valence-corrected chi connectivity index (χ4v) is 2.50. The van der Waals surface area contributed by atoms with Gasteiger partial charge in [0.15, 0.2) is 5.96 Å². The molecule has 2 aromatic rings. The molecule has 25 heavy (non-hydrogen) atoms. The molecule has 7 N–H and O–H groups in total. The van der Waals surface area contributed by atoms with Gasteiger partial charge in [-0.1, -0.05) is 36.4 Å². The molecular formula is C19H21N5O. The standard InChI is InChI=1S/C19H21N5O/c1-11-9-14(17(20)21)7-8-15(11)16-6-4-3-5-13(16)10-12(2)18(25)24-19(22)23/h3-10H,1-2H3,(H3,20,21)(H4,22,23,24,25). The van der Waals surface area contributed by atoms with E-state index in [0.717, 1.165) is 22.3 Å². The summed E-state index contributed by atoms with van der Waals surface area (Å²) in [5, 5.41) is 7.54. The Hall–Kier alpha value is -3.41. The number of nitrogens with one attached hydrogen (secondary N) is 1. The summed E-state index contributed by atoms with van der Waals surface area (Å²) in [7, 11) is 0. The van der Waals surface area contributed by atoms with E-state index in [4.69, 9.17) is 22.6 Å². The Kier molecular flexibility index (Phi) is 5.34. The third-order valence-corrected chi connectivity index (χ3v) is 3.73. The predicted molar refractivity (Wildman–Crippen MR) is 102 cm³/mol. The number of carbonyl (C=O) groups excluding carboxylic acids is 1. The van der Waals surface area contributed by atoms with E-state index in [-0.39, 0.29) is 11.8 Å². The van der Waals surface area contributed by atoms with Gasteiger partial charge in [0.1, 0.15) is 5.84 Å². The Bertz CT molecular complexity index is 892. The van der Waals surface area contributed by atoms with Gasteiger partial charge in [0.25, 0.3) is 5.91 Å². The molecule has 0 saturated heterocycles. The largest absolute Gasteiger partial charge is 0.384 e. The average Bonchev–Trinajstić information content (AvgIpc) is 2.54. The van der Waals surface area contributed by atoms with Gasteiger partial charge in [-0.15, -0.1) is 0 Å². The topological polar surface area (TPSA) is 131 Å². The summed E-state index contributed by atoms with van der Waals surface area (Å²) < 4.78 is 0. The van der Waals surface area contributed by atoms with E-state index in [1.807, 2.05) is 49.4 Å². The number of amidine groups is 1. The number of carbonyl (C=O) groups is 1. The van der Waals surface area contributed by atoms with Crippen LogP contribution in [0.5, 0.6) is 0 Å². The second kappa shape index (κ2) is 7.44. The van der Waals surface area contributed by atoms with Crippen LogP contribution in [-0.4, -0.2) is 17.7 Å². The molecule has 0 saturated carbocycles. The first kappa shape index (κ1) is 17.9. The first-order valence-corrected chi connectivity index (χ1v) is 7.66. The van der Waals surface area contributed by atoms with E-state index in [0.29, 0.717) is 11.1 Å². The van der Waals surface area contributed by atoms with E-state index >= 15 is 0 Å². The van der Waals surface area contributed by atoms with Crippen molar-refractivity contribution in [3.05, 3.63) is 64.7 Å². The highest BCUT2D eigenvalue weighted by atomic mass is 16.1. The third kappa shape index (κ3) is 4.32. The van der Waals surface area contributed by atoms with Gasteiger partial charge in [0.2, 0.25) is 0 Å². The number of hydrogen-bond acceptors (Lipinski definition) is 2. The molecule has 0 unspecified atom stereocenters. The smallest absolute Gasteiger partial charge is 0.275 e. The molecule has 0 heterocycles. The van der Waals surface area contributed by atoms with Gasteiger partial charge in [-0.05, 0) is 48.2 Å². The lowest BCUT2D eigenvalue weighted by Crippen LogP contribution is -2.24. The van der Waals surface area contributed by atoms with Crippen molar-refractivity contribution in [2.45, 2.75) is 13.8 Å². The first-order valence-electron chi connectivity index (χ1n) is 7.66. The summed E-state index contributed by atoms with van der Waals surface area (Å²) in [6.07, 6.45) is 1.75. The van der Waals surface area contributed by atoms with E-state index in [2.05, 4.69) is 4.99 Å². The molecule has 0 spiro atoms. The van der Waals surface area contributed by atoms with Crippen molar-refractivity contribution >= 4 is 23.8 Å². The van der Waals surface area contributed by atoms with Crippen LogP contribution in [0.25, 0.3) is 17.2 Å². The summed E-state index contributed by atoms with van der Waals surface area (Å²) >= 11 is 0. The number of aliphatic imine (C=N–C) groups is 1. The minimum Gasteiger partial charge on any atom is -0.384 e. The third-order valence-electron chi connectivity index (χ3n) is 3.73. The van der Waals surface area contributed by atoms with Crippen LogP contribution in [0.2, 0.25) is 0 Å². The highest BCUT2D eigenvalue weighted by Gasteiger charge is 2.10. The Balaban J connectivity index is 2.51. The van der Waals surface area contributed by atoms with Crippen molar-refractivity contribution in [1.29, 1.82) is 5.41 Å². The minimum atomic E-state index is -0.474. The molecule has 0 aromatic heterocycles. The van der Waals surface area contributed by atoms with E-state index in [1.54, 1.807) is 13.0 Å². The molecule has 2 rings (SSSR count). The number of aryl methyl sites for hydroxylation is 1. The molecule has 0 fully saturated rings. The Labute approximate surface area is 146 Å². The van der Waals surface area contributed by atoms with Crippen molar-refractivity contribution in [3.8, 4) is 11.1 Å². The molecule has 1 amide bonds. The molecule has 0 aliphatic carbocycles. The van der Waals surface area contributed by atoms with Gasteiger partial charge in [0, 0.05) is 11.1 Å². The molecule has 128 valence electrons. The maximum atomic E-state index is 11.9. The van der Waals surface area contributed by atoms with Gasteiger partial charge >= 0.3 is 0 Å². The van der Waals surface area contributed by atoms with Crippen molar-refractivity contribution in [2.75, 3.05) is 0 Å². The zero-order chi connectivity index (χ0) is 18.6. The molecular weight excluding hydrogens is 314 g/mol. The molecule has 6 heteroatoms. The van der Waals surface area contributed by atoms with Crippen LogP contribution >= 0.6 is 0 Å². The molecule has 6 nitrogen and oxygen atoms in total. The summed E-state index contributed by atoms with van der Waals surface area (Å²) in [6.45, 7) is 3.62. The molecule has 0 radical (unpaired) electrons. The van der Waals surface area contributed by atoms with Crippen LogP contribution in [0.4, 0.5) is 0 Å². The van der Waals surface area contributed by atoms with Gasteiger partial charge < -0.3 is 17.2 Å². The summed E-state index contributed by atoms with van der Waals surface area (Å²) in [5.74, 6) is -0.707. The van der Waals surface area contributed by atoms with Crippen LogP contribution in [0.1, 0.15) is 23.6 Å². The quantitative estimate of drug-likeness (QED) is 0.387. The predicted octanol–water partition coefficient (Wildman–Crippen LogP) is 2.15. The van der Waals surface area contributed by atoms with Crippen LogP contribution < -0.4 is 17.2 Å². The number of nitrogens with zero attached hydrogens (tertiary/aromatic N) is 1. The number of amides is 1. The zero-order valence-corrected chi connectivity index (χ0v) is 14.2. The summed E-state index contributed by atoms with van der Waals surface area (Å²) in [5.41, 5.74) is 21.0. The Morgan fingerprint density at radius 3 is 2.36 bits per heavy atom. The van der Waals surface area contributed by atoms with Gasteiger partial charge in [-0.3, -0.25) is 10.2 Å². The SMILES string of the molecule is CC(=Cc1ccccc1-c1ccc(C(=N)N)cc1C)C(=O)N=C(N)N. The minimum absolute atomic E-state index is 0.0292. The van der Waals surface area contributed by atoms with Crippen LogP contribution in [0.15, 0.2) is 53.0 Å². The van der Waals surface area contributed by atoms with E-state index in [9.17, 15) is 4.79 Å². The lowest BCUT2D eigenvalue weighted by molar-refractivity contribution is -0.114. The molecule has 0 bridgehead atoms. The highest BCUT2D eigenvalue weighted by molar-refractivity contribution is 6.04. The van der Waals surface area contributed by atoms with Crippen molar-refractivity contribution < 1.29 is 4.79 Å². The van der Waals surface area contributed by atoms with E-state index < -0.39 is 5.91 Å². The number of nitrogens with two attached hydrogens (primary N) is 3. The molecule has 2 aromatic carbocycles. The average molecular weight is 335 g/mol. The maximum Gasteiger partial charge on any atom is 0.275 e. The Morgan fingerprint density at radius 1 is 1.08 bits per heavy atom. The number of benzene rings is 2. The second-order valence-corrected chi connectivity index (χ2v) is 5.70. The summed E-state index contributed by atoms with van der Waals surface area (Å²) in [4.78, 5) is 15.5. The lowest BCUT2D eigenvalue weighted by atomic mass is 9.93. The normalized spacial score (nSPS) is 11.0. The Morgan fingerprint density at radius 2 is 1.76 bits per heavy atom. The fourth-order valence-electron chi connectivity index (χ4n) is 2.50. The van der Waals surface area contributed by atoms with E-state index in [1.165, 1.54) is 0 Å². The van der Waals surface area contributed by atoms with Crippen molar-refractivity contribution in [1.82, 2.24) is 0 Å². The fraction of sp³-hybridized carbons (Fsp3) is 0.105. The van der Waals surface area contributed by atoms with Gasteiger partial charge in [0.05, 0.1) is 0 Å². The number of guanidine groups is 1. The highest BCUT2D eigenvalue weighted by Crippen LogP contribution is 2.29. The van der Waals surface area contributed by atoms with Crippen molar-refractivity contribution in [2.24, 2.45) is 22.2 Å². The first-order chi connectivity index (χ1) is 11.8. The number of hydrogen-bond donors (Lipinski definition) is 4. The number of nitrogen functional groups attached to an aromatic ring is 1. The molecule has 0 aliphatic rings. The second-order valence-electron chi connectivity index (χ2n) is 5.70. The maximum absolute atomic E-state index is 11.9. The molecule has 0 atom stereocenters. The van der Waals surface area contributed by atoms with Crippen LogP contribution in [-0.2, 0) is 4.79 Å². The lowest BCUT2D eigenvalue weighted by Gasteiger charge is -2.11. The van der Waals surface area contributed by atoms with Crippen LogP contribution in [0.3, 0.4) is 0 Å². The monoisotopic (exact) mass is 335 g/mol. The zero-order valence-electron chi connectivity index (χ0n) is 14.2. The van der Waals surface area contributed by atoms with Gasteiger partial charge in [-0.25, -0.2) is 0 Å². The van der Waals surface area contributed by atoms with Crippen molar-refractivity contribution in [3.63, 3.8) is 0 Å². The number of rotatable bonds is 4. The molecule has 0 aliphatic heterocycles. The summed E-state index contributed by atoms with van der Waals surface area (Å²) in [6, 6.07) is 13.3. The van der Waals surface area contributed by atoms with Gasteiger partial charge in [-0.2, -0.15) is 4.99 Å².